The van der Waals surface area contributed by atoms with E-state index < -0.39 is 0 Å². The molecule has 0 radical (unpaired) electrons. The lowest BCUT2D eigenvalue weighted by molar-refractivity contribution is -0.118. The summed E-state index contributed by atoms with van der Waals surface area (Å²) in [5.41, 5.74) is 1.02. The van der Waals surface area contributed by atoms with Crippen LogP contribution >= 0.6 is 15.9 Å². The number of rotatable bonds is 6. The minimum Gasteiger partial charge on any atom is -0.312 e. The second-order valence-electron chi connectivity index (χ2n) is 4.78. The van der Waals surface area contributed by atoms with Gasteiger partial charge in [-0.2, -0.15) is 0 Å². The van der Waals surface area contributed by atoms with Crippen LogP contribution in [0.5, 0.6) is 0 Å². The second-order valence-corrected chi connectivity index (χ2v) is 5.58. The van der Waals surface area contributed by atoms with Gasteiger partial charge in [0.15, 0.2) is 0 Å². The normalized spacial score (nSPS) is 10.7. The van der Waals surface area contributed by atoms with Crippen LogP contribution in [-0.4, -0.2) is 17.8 Å². The molecule has 2 nitrogen and oxygen atoms in total. The zero-order valence-electron chi connectivity index (χ0n) is 11.8. The molecule has 0 atom stereocenters. The number of amides is 1. The number of anilines is 1. The standard InChI is InChI=1S/C17H20BrNO/c1-2-19(17(20)12-5-6-13-18)16-11-7-9-14-8-3-4-10-15(14)16/h3-4,7-11H,2,5-6,12-13H2,1H3. The molecule has 0 fully saturated rings. The van der Waals surface area contributed by atoms with Gasteiger partial charge < -0.3 is 4.90 Å². The van der Waals surface area contributed by atoms with Crippen LogP contribution in [0.25, 0.3) is 10.8 Å². The van der Waals surface area contributed by atoms with Gasteiger partial charge in [-0.25, -0.2) is 0 Å². The number of carbonyl (C=O) groups excluding carboxylic acids is 1. The molecule has 2 aromatic carbocycles. The lowest BCUT2D eigenvalue weighted by atomic mass is 10.1. The molecule has 3 heteroatoms. The third-order valence-electron chi connectivity index (χ3n) is 3.45. The van der Waals surface area contributed by atoms with E-state index in [0.29, 0.717) is 13.0 Å². The van der Waals surface area contributed by atoms with E-state index >= 15 is 0 Å². The van der Waals surface area contributed by atoms with E-state index in [9.17, 15) is 4.79 Å². The van der Waals surface area contributed by atoms with E-state index in [0.717, 1.165) is 29.2 Å². The molecule has 1 amide bonds. The minimum atomic E-state index is 0.213. The van der Waals surface area contributed by atoms with Gasteiger partial charge >= 0.3 is 0 Å². The van der Waals surface area contributed by atoms with Crippen molar-refractivity contribution in [3.05, 3.63) is 42.5 Å². The zero-order valence-corrected chi connectivity index (χ0v) is 13.4. The lowest BCUT2D eigenvalue weighted by Crippen LogP contribution is -2.30. The predicted molar refractivity (Wildman–Crippen MR) is 89.6 cm³/mol. The number of benzene rings is 2. The van der Waals surface area contributed by atoms with Crippen molar-refractivity contribution in [2.75, 3.05) is 16.8 Å². The number of nitrogens with zero attached hydrogens (tertiary/aromatic N) is 1. The molecule has 0 heterocycles. The smallest absolute Gasteiger partial charge is 0.226 e. The number of unbranched alkanes of at least 4 members (excludes halogenated alkanes) is 1. The highest BCUT2D eigenvalue weighted by atomic mass is 79.9. The van der Waals surface area contributed by atoms with Crippen LogP contribution in [0.1, 0.15) is 26.2 Å². The van der Waals surface area contributed by atoms with E-state index in [1.807, 2.05) is 36.1 Å². The second kappa shape index (κ2) is 7.44. The quantitative estimate of drug-likeness (QED) is 0.551. The molecule has 0 saturated heterocycles. The first kappa shape index (κ1) is 15.0. The van der Waals surface area contributed by atoms with Crippen LogP contribution in [0, 0.1) is 0 Å². The molecule has 0 aliphatic heterocycles. The maximum atomic E-state index is 12.4. The fourth-order valence-electron chi connectivity index (χ4n) is 2.43. The molecule has 0 unspecified atom stereocenters. The molecule has 0 aromatic heterocycles. The fourth-order valence-corrected chi connectivity index (χ4v) is 2.83. The maximum Gasteiger partial charge on any atom is 0.226 e. The molecule has 20 heavy (non-hydrogen) atoms. The SMILES string of the molecule is CCN(C(=O)CCCCBr)c1cccc2ccccc12. The van der Waals surface area contributed by atoms with E-state index in [-0.39, 0.29) is 5.91 Å². The molecule has 0 aliphatic carbocycles. The number of halogens is 1. The van der Waals surface area contributed by atoms with E-state index in [4.69, 9.17) is 0 Å². The Kier molecular flexibility index (Phi) is 5.60. The molecule has 0 saturated carbocycles. The summed E-state index contributed by atoms with van der Waals surface area (Å²) < 4.78 is 0. The number of alkyl halides is 1. The van der Waals surface area contributed by atoms with Crippen molar-refractivity contribution in [1.82, 2.24) is 0 Å². The Labute approximate surface area is 128 Å². The van der Waals surface area contributed by atoms with Crippen LogP contribution in [0.15, 0.2) is 42.5 Å². The first-order valence-corrected chi connectivity index (χ1v) is 8.24. The van der Waals surface area contributed by atoms with E-state index in [2.05, 4.69) is 34.1 Å². The molecule has 106 valence electrons. The zero-order chi connectivity index (χ0) is 14.4. The van der Waals surface area contributed by atoms with Crippen LogP contribution in [0.3, 0.4) is 0 Å². The maximum absolute atomic E-state index is 12.4. The number of hydrogen-bond acceptors (Lipinski definition) is 1. The monoisotopic (exact) mass is 333 g/mol. The Hall–Kier alpha value is -1.35. The average molecular weight is 334 g/mol. The first-order chi connectivity index (χ1) is 9.77. The molecule has 2 rings (SSSR count). The van der Waals surface area contributed by atoms with Gasteiger partial charge in [0.25, 0.3) is 0 Å². The molecule has 0 bridgehead atoms. The fraction of sp³-hybridized carbons (Fsp3) is 0.353. The Morgan fingerprint density at radius 3 is 2.60 bits per heavy atom. The van der Waals surface area contributed by atoms with Gasteiger partial charge in [-0.1, -0.05) is 52.3 Å². The van der Waals surface area contributed by atoms with Gasteiger partial charge in [0.05, 0.1) is 5.69 Å². The van der Waals surface area contributed by atoms with Gasteiger partial charge in [0, 0.05) is 23.7 Å². The summed E-state index contributed by atoms with van der Waals surface area (Å²) in [5.74, 6) is 0.213. The highest BCUT2D eigenvalue weighted by Gasteiger charge is 2.15. The van der Waals surface area contributed by atoms with Crippen LogP contribution in [0.4, 0.5) is 5.69 Å². The van der Waals surface area contributed by atoms with Gasteiger partial charge in [-0.15, -0.1) is 0 Å². The van der Waals surface area contributed by atoms with Crippen molar-refractivity contribution in [1.29, 1.82) is 0 Å². The third kappa shape index (κ3) is 3.40. The largest absolute Gasteiger partial charge is 0.312 e. The summed E-state index contributed by atoms with van der Waals surface area (Å²) in [7, 11) is 0. The van der Waals surface area contributed by atoms with E-state index in [1.54, 1.807) is 0 Å². The van der Waals surface area contributed by atoms with Crippen LogP contribution in [0.2, 0.25) is 0 Å². The topological polar surface area (TPSA) is 20.3 Å². The summed E-state index contributed by atoms with van der Waals surface area (Å²) in [5, 5.41) is 3.28. The van der Waals surface area contributed by atoms with Gasteiger partial charge in [-0.3, -0.25) is 4.79 Å². The van der Waals surface area contributed by atoms with Crippen molar-refractivity contribution in [3.63, 3.8) is 0 Å². The van der Waals surface area contributed by atoms with Crippen LogP contribution in [-0.2, 0) is 4.79 Å². The Bertz CT molecular complexity index is 577. The summed E-state index contributed by atoms with van der Waals surface area (Å²) >= 11 is 3.41. The molecule has 0 spiro atoms. The Morgan fingerprint density at radius 2 is 1.85 bits per heavy atom. The predicted octanol–water partition coefficient (Wildman–Crippen LogP) is 4.76. The van der Waals surface area contributed by atoms with Crippen molar-refractivity contribution in [2.24, 2.45) is 0 Å². The number of carbonyl (C=O) groups is 1. The number of hydrogen-bond donors (Lipinski definition) is 0. The molecule has 0 N–H and O–H groups in total. The number of fused-ring (bicyclic) bond motifs is 1. The van der Waals surface area contributed by atoms with Crippen molar-refractivity contribution < 1.29 is 4.79 Å². The van der Waals surface area contributed by atoms with E-state index in [1.165, 1.54) is 5.39 Å². The average Bonchev–Trinajstić information content (AvgIpc) is 2.48. The summed E-state index contributed by atoms with van der Waals surface area (Å²) in [4.78, 5) is 14.3. The lowest BCUT2D eigenvalue weighted by Gasteiger charge is -2.23. The van der Waals surface area contributed by atoms with Gasteiger partial charge in [0.2, 0.25) is 5.91 Å². The Morgan fingerprint density at radius 1 is 1.10 bits per heavy atom. The molecule has 2 aromatic rings. The third-order valence-corrected chi connectivity index (χ3v) is 4.01. The van der Waals surface area contributed by atoms with Crippen molar-refractivity contribution in [2.45, 2.75) is 26.2 Å². The summed E-state index contributed by atoms with van der Waals surface area (Å²) in [6, 6.07) is 14.4. The molecule has 0 aliphatic rings. The van der Waals surface area contributed by atoms with Crippen LogP contribution < -0.4 is 4.90 Å². The highest BCUT2D eigenvalue weighted by Crippen LogP contribution is 2.27. The Balaban J connectivity index is 2.27. The first-order valence-electron chi connectivity index (χ1n) is 7.12. The molecular weight excluding hydrogens is 314 g/mol. The molecular formula is C17H20BrNO. The van der Waals surface area contributed by atoms with Gasteiger partial charge in [0.1, 0.15) is 0 Å². The van der Waals surface area contributed by atoms with Crippen molar-refractivity contribution in [3.8, 4) is 0 Å². The summed E-state index contributed by atoms with van der Waals surface area (Å²) in [6.45, 7) is 2.74. The van der Waals surface area contributed by atoms with Gasteiger partial charge in [-0.05, 0) is 31.2 Å². The minimum absolute atomic E-state index is 0.213. The van der Waals surface area contributed by atoms with Crippen molar-refractivity contribution >= 4 is 38.3 Å². The summed E-state index contributed by atoms with van der Waals surface area (Å²) in [6.07, 6.45) is 2.59. The highest BCUT2D eigenvalue weighted by molar-refractivity contribution is 9.09.